The van der Waals surface area contributed by atoms with E-state index in [0.29, 0.717) is 13.1 Å². The van der Waals surface area contributed by atoms with Gasteiger partial charge < -0.3 is 16.0 Å². The molecule has 3 rings (SSSR count). The highest BCUT2D eigenvalue weighted by molar-refractivity contribution is 5.91. The molecule has 1 atom stereocenters. The summed E-state index contributed by atoms with van der Waals surface area (Å²) in [4.78, 5) is 31.6. The summed E-state index contributed by atoms with van der Waals surface area (Å²) in [5.74, 6) is 0.00420. The van der Waals surface area contributed by atoms with E-state index in [1.165, 1.54) is 18.6 Å². The maximum Gasteiger partial charge on any atom is 0.271 e. The van der Waals surface area contributed by atoms with Gasteiger partial charge in [-0.05, 0) is 37.8 Å². The number of nitrogens with one attached hydrogen (secondary N) is 3. The Labute approximate surface area is 129 Å². The Morgan fingerprint density at radius 3 is 2.73 bits per heavy atom. The summed E-state index contributed by atoms with van der Waals surface area (Å²) < 4.78 is 0. The summed E-state index contributed by atoms with van der Waals surface area (Å²) in [5, 5.41) is 8.96. The molecule has 1 saturated heterocycles. The average molecular weight is 303 g/mol. The number of hydrogen-bond donors (Lipinski definition) is 3. The summed E-state index contributed by atoms with van der Waals surface area (Å²) in [6, 6.07) is 0. The van der Waals surface area contributed by atoms with E-state index in [0.717, 1.165) is 32.4 Å². The molecule has 2 heterocycles. The Morgan fingerprint density at radius 1 is 1.23 bits per heavy atom. The first kappa shape index (κ1) is 14.9. The smallest absolute Gasteiger partial charge is 0.271 e. The van der Waals surface area contributed by atoms with Gasteiger partial charge in [0.2, 0.25) is 5.91 Å². The van der Waals surface area contributed by atoms with Gasteiger partial charge in [0.05, 0.1) is 6.20 Å². The van der Waals surface area contributed by atoms with Crippen LogP contribution in [0.15, 0.2) is 18.6 Å². The van der Waals surface area contributed by atoms with Gasteiger partial charge in [-0.3, -0.25) is 14.6 Å². The van der Waals surface area contributed by atoms with Crippen molar-refractivity contribution in [1.82, 2.24) is 25.9 Å². The van der Waals surface area contributed by atoms with E-state index in [9.17, 15) is 9.59 Å². The molecule has 7 nitrogen and oxygen atoms in total. The molecule has 1 spiro atoms. The first-order valence-corrected chi connectivity index (χ1v) is 7.74. The third kappa shape index (κ3) is 3.24. The normalized spacial score (nSPS) is 22.1. The maximum absolute atomic E-state index is 12.1. The quantitative estimate of drug-likeness (QED) is 0.650. The third-order valence-corrected chi connectivity index (χ3v) is 4.61. The van der Waals surface area contributed by atoms with Crippen molar-refractivity contribution < 1.29 is 9.59 Å². The Bertz CT molecular complexity index is 542. The van der Waals surface area contributed by atoms with Crippen molar-refractivity contribution in [2.75, 3.05) is 26.2 Å². The van der Waals surface area contributed by atoms with Gasteiger partial charge in [0, 0.05) is 31.4 Å². The van der Waals surface area contributed by atoms with Gasteiger partial charge in [-0.2, -0.15) is 0 Å². The van der Waals surface area contributed by atoms with Gasteiger partial charge in [0.1, 0.15) is 5.69 Å². The van der Waals surface area contributed by atoms with Crippen LogP contribution in [0.3, 0.4) is 0 Å². The summed E-state index contributed by atoms with van der Waals surface area (Å²) in [6.45, 7) is 2.86. The number of hydrogen-bond acceptors (Lipinski definition) is 5. The third-order valence-electron chi connectivity index (χ3n) is 4.61. The zero-order valence-electron chi connectivity index (χ0n) is 12.5. The predicted molar refractivity (Wildman–Crippen MR) is 80.0 cm³/mol. The number of rotatable bonds is 5. The second-order valence-electron chi connectivity index (χ2n) is 6.01. The molecule has 22 heavy (non-hydrogen) atoms. The van der Waals surface area contributed by atoms with Crippen molar-refractivity contribution in [2.45, 2.75) is 19.3 Å². The molecule has 7 heteroatoms. The van der Waals surface area contributed by atoms with E-state index >= 15 is 0 Å². The fourth-order valence-electron chi connectivity index (χ4n) is 3.19. The largest absolute Gasteiger partial charge is 0.354 e. The van der Waals surface area contributed by atoms with Crippen molar-refractivity contribution >= 4 is 11.8 Å². The number of aromatic nitrogens is 2. The van der Waals surface area contributed by atoms with Crippen LogP contribution >= 0.6 is 0 Å². The van der Waals surface area contributed by atoms with E-state index in [4.69, 9.17) is 0 Å². The molecule has 118 valence electrons. The van der Waals surface area contributed by atoms with Crippen molar-refractivity contribution in [2.24, 2.45) is 11.3 Å². The number of amides is 2. The van der Waals surface area contributed by atoms with Gasteiger partial charge in [0.25, 0.3) is 5.91 Å². The molecule has 1 aliphatic heterocycles. The zero-order chi connectivity index (χ0) is 15.4. The zero-order valence-corrected chi connectivity index (χ0v) is 12.5. The summed E-state index contributed by atoms with van der Waals surface area (Å²) in [7, 11) is 0. The van der Waals surface area contributed by atoms with Gasteiger partial charge in [0.15, 0.2) is 0 Å². The van der Waals surface area contributed by atoms with Crippen LogP contribution in [0.4, 0.5) is 0 Å². The van der Waals surface area contributed by atoms with Crippen LogP contribution in [0.2, 0.25) is 0 Å². The number of carbonyl (C=O) groups excluding carboxylic acids is 2. The molecular formula is C15H21N5O2. The van der Waals surface area contributed by atoms with Gasteiger partial charge in [-0.25, -0.2) is 4.98 Å². The Hall–Kier alpha value is -2.02. The lowest BCUT2D eigenvalue weighted by molar-refractivity contribution is -0.123. The standard InChI is InChI=1S/C15H21N5O2/c21-13(11-9-15(11)1-3-16-4-2-15)19-7-8-20-14(22)12-10-17-5-6-18-12/h5-6,10-11,16H,1-4,7-9H2,(H,19,21)(H,20,22). The van der Waals surface area contributed by atoms with E-state index in [1.54, 1.807) is 0 Å². The van der Waals surface area contributed by atoms with Crippen molar-refractivity contribution in [3.8, 4) is 0 Å². The molecule has 1 aromatic heterocycles. The molecular weight excluding hydrogens is 282 g/mol. The molecule has 1 aromatic rings. The SMILES string of the molecule is O=C(NCCNC(=O)C1CC12CCNCC2)c1cnccn1. The lowest BCUT2D eigenvalue weighted by Crippen LogP contribution is -2.37. The van der Waals surface area contributed by atoms with E-state index in [-0.39, 0.29) is 28.8 Å². The highest BCUT2D eigenvalue weighted by Gasteiger charge is 2.57. The van der Waals surface area contributed by atoms with Crippen molar-refractivity contribution in [3.05, 3.63) is 24.3 Å². The minimum Gasteiger partial charge on any atom is -0.354 e. The fourth-order valence-corrected chi connectivity index (χ4v) is 3.19. The monoisotopic (exact) mass is 303 g/mol. The summed E-state index contributed by atoms with van der Waals surface area (Å²) in [6.07, 6.45) is 7.60. The van der Waals surface area contributed by atoms with E-state index in [2.05, 4.69) is 25.9 Å². The minimum atomic E-state index is -0.274. The van der Waals surface area contributed by atoms with Gasteiger partial charge in [-0.15, -0.1) is 0 Å². The van der Waals surface area contributed by atoms with Gasteiger partial charge >= 0.3 is 0 Å². The molecule has 1 unspecified atom stereocenters. The molecule has 2 aliphatic rings. The topological polar surface area (TPSA) is 96.0 Å². The lowest BCUT2D eigenvalue weighted by Gasteiger charge is -2.23. The number of carbonyl (C=O) groups is 2. The highest BCUT2D eigenvalue weighted by atomic mass is 16.2. The minimum absolute atomic E-state index is 0.121. The molecule has 1 aliphatic carbocycles. The summed E-state index contributed by atoms with van der Waals surface area (Å²) in [5.41, 5.74) is 0.530. The Morgan fingerprint density at radius 2 is 2.00 bits per heavy atom. The van der Waals surface area contributed by atoms with E-state index < -0.39 is 0 Å². The molecule has 1 saturated carbocycles. The average Bonchev–Trinajstić information content (AvgIpc) is 3.26. The second-order valence-corrected chi connectivity index (χ2v) is 6.01. The van der Waals surface area contributed by atoms with Crippen LogP contribution in [0.5, 0.6) is 0 Å². The molecule has 2 fully saturated rings. The molecule has 0 radical (unpaired) electrons. The number of piperidine rings is 1. The van der Waals surface area contributed by atoms with Crippen LogP contribution in [0.25, 0.3) is 0 Å². The van der Waals surface area contributed by atoms with Crippen LogP contribution in [0, 0.1) is 11.3 Å². The molecule has 2 amide bonds. The second kappa shape index (κ2) is 6.39. The molecule has 0 aromatic carbocycles. The first-order chi connectivity index (χ1) is 10.7. The Balaban J connectivity index is 1.35. The lowest BCUT2D eigenvalue weighted by atomic mass is 9.92. The molecule has 3 N–H and O–H groups in total. The summed E-state index contributed by atoms with van der Waals surface area (Å²) >= 11 is 0. The number of nitrogens with zero attached hydrogens (tertiary/aromatic N) is 2. The van der Waals surface area contributed by atoms with Crippen molar-refractivity contribution in [3.63, 3.8) is 0 Å². The van der Waals surface area contributed by atoms with E-state index in [1.807, 2.05) is 0 Å². The molecule has 0 bridgehead atoms. The van der Waals surface area contributed by atoms with Crippen LogP contribution in [0.1, 0.15) is 29.8 Å². The van der Waals surface area contributed by atoms with Crippen LogP contribution in [-0.4, -0.2) is 48.0 Å². The van der Waals surface area contributed by atoms with Gasteiger partial charge in [-0.1, -0.05) is 0 Å². The maximum atomic E-state index is 12.1. The fraction of sp³-hybridized carbons (Fsp3) is 0.600. The van der Waals surface area contributed by atoms with Crippen LogP contribution in [-0.2, 0) is 4.79 Å². The Kier molecular flexibility index (Phi) is 4.33. The predicted octanol–water partition coefficient (Wildman–Crippen LogP) is -0.288. The first-order valence-electron chi connectivity index (χ1n) is 7.74. The van der Waals surface area contributed by atoms with Crippen LogP contribution < -0.4 is 16.0 Å². The highest BCUT2D eigenvalue weighted by Crippen LogP contribution is 2.58. The van der Waals surface area contributed by atoms with Crippen molar-refractivity contribution in [1.29, 1.82) is 0 Å².